The molecule has 0 bridgehead atoms. The number of piperidine rings is 1. The van der Waals surface area contributed by atoms with Crippen molar-refractivity contribution in [3.05, 3.63) is 52.6 Å². The minimum absolute atomic E-state index is 0.00927. The second-order valence-electron chi connectivity index (χ2n) is 7.20. The van der Waals surface area contributed by atoms with Crippen molar-refractivity contribution in [1.29, 1.82) is 0 Å². The normalized spacial score (nSPS) is 15.9. The van der Waals surface area contributed by atoms with Crippen molar-refractivity contribution in [2.45, 2.75) is 28.7 Å². The maximum Gasteiger partial charge on any atom is 0.261 e. The van der Waals surface area contributed by atoms with Crippen LogP contribution in [0.15, 0.2) is 52.4 Å². The van der Waals surface area contributed by atoms with E-state index >= 15 is 0 Å². The first-order valence-corrected chi connectivity index (χ1v) is 13.2. The largest absolute Gasteiger partial charge is 0.358 e. The number of H-pyrrole nitrogens is 1. The van der Waals surface area contributed by atoms with Crippen molar-refractivity contribution < 1.29 is 16.8 Å². The molecule has 12 heteroatoms. The van der Waals surface area contributed by atoms with Crippen molar-refractivity contribution >= 4 is 59.8 Å². The summed E-state index contributed by atoms with van der Waals surface area (Å²) in [6.45, 7) is 1.50. The molecule has 166 valence electrons. The van der Waals surface area contributed by atoms with Gasteiger partial charge in [-0.25, -0.2) is 21.6 Å². The van der Waals surface area contributed by atoms with Gasteiger partial charge in [0.15, 0.2) is 0 Å². The summed E-state index contributed by atoms with van der Waals surface area (Å²) in [7, 11) is -7.72. The zero-order valence-electron chi connectivity index (χ0n) is 16.2. The molecule has 0 amide bonds. The SMILES string of the molecule is O=S(=O)(Nc1ccc(Cl)c2c(Cl)c[nH]c12)c1ccc(S(=O)(=O)NC2CCNCC2)cc1. The van der Waals surface area contributed by atoms with Gasteiger partial charge in [-0.05, 0) is 62.3 Å². The number of halogens is 2. The molecular weight excluding hydrogens is 483 g/mol. The van der Waals surface area contributed by atoms with Crippen LogP contribution < -0.4 is 14.8 Å². The molecule has 31 heavy (non-hydrogen) atoms. The Morgan fingerprint density at radius 1 is 0.839 bits per heavy atom. The van der Waals surface area contributed by atoms with Gasteiger partial charge < -0.3 is 10.3 Å². The van der Waals surface area contributed by atoms with E-state index in [0.717, 1.165) is 13.1 Å². The fourth-order valence-corrected chi connectivity index (χ4v) is 6.42. The molecule has 1 fully saturated rings. The van der Waals surface area contributed by atoms with E-state index in [2.05, 4.69) is 19.7 Å². The van der Waals surface area contributed by atoms with E-state index in [1.807, 2.05) is 0 Å². The molecular formula is C19H20Cl2N4O4S2. The first-order valence-electron chi connectivity index (χ1n) is 9.48. The van der Waals surface area contributed by atoms with Gasteiger partial charge in [0.25, 0.3) is 10.0 Å². The first-order chi connectivity index (χ1) is 14.7. The number of anilines is 1. The van der Waals surface area contributed by atoms with Crippen LogP contribution in [0.3, 0.4) is 0 Å². The van der Waals surface area contributed by atoms with E-state index in [1.54, 1.807) is 6.07 Å². The van der Waals surface area contributed by atoms with Crippen molar-refractivity contribution in [1.82, 2.24) is 15.0 Å². The lowest BCUT2D eigenvalue weighted by molar-refractivity contribution is 0.427. The number of fused-ring (bicyclic) bond motifs is 1. The highest BCUT2D eigenvalue weighted by molar-refractivity contribution is 7.92. The number of hydrogen-bond donors (Lipinski definition) is 4. The van der Waals surface area contributed by atoms with E-state index in [4.69, 9.17) is 23.2 Å². The number of hydrogen-bond acceptors (Lipinski definition) is 5. The van der Waals surface area contributed by atoms with Crippen LogP contribution in [0.1, 0.15) is 12.8 Å². The number of benzene rings is 2. The molecule has 0 atom stereocenters. The predicted octanol–water partition coefficient (Wildman–Crippen LogP) is 3.31. The maximum atomic E-state index is 12.9. The lowest BCUT2D eigenvalue weighted by Gasteiger charge is -2.23. The van der Waals surface area contributed by atoms with Crippen LogP contribution in [0.5, 0.6) is 0 Å². The number of rotatable bonds is 6. The molecule has 0 aliphatic carbocycles. The van der Waals surface area contributed by atoms with Crippen LogP contribution >= 0.6 is 23.2 Å². The quantitative estimate of drug-likeness (QED) is 0.412. The molecule has 2 heterocycles. The van der Waals surface area contributed by atoms with Crippen LogP contribution in [0.25, 0.3) is 10.9 Å². The van der Waals surface area contributed by atoms with Gasteiger partial charge in [0.05, 0.1) is 31.0 Å². The molecule has 4 N–H and O–H groups in total. The van der Waals surface area contributed by atoms with Gasteiger partial charge >= 0.3 is 0 Å². The summed E-state index contributed by atoms with van der Waals surface area (Å²) in [6.07, 6.45) is 2.92. The van der Waals surface area contributed by atoms with Crippen LogP contribution in [-0.4, -0.2) is 41.0 Å². The minimum Gasteiger partial charge on any atom is -0.358 e. The summed E-state index contributed by atoms with van der Waals surface area (Å²) in [5.74, 6) is 0. The van der Waals surface area contributed by atoms with E-state index in [9.17, 15) is 16.8 Å². The smallest absolute Gasteiger partial charge is 0.261 e. The molecule has 1 aliphatic rings. The van der Waals surface area contributed by atoms with E-state index in [-0.39, 0.29) is 21.5 Å². The number of aromatic amines is 1. The molecule has 3 aromatic rings. The summed E-state index contributed by atoms with van der Waals surface area (Å²) in [6, 6.07) is 8.00. The van der Waals surface area contributed by atoms with Crippen molar-refractivity contribution in [3.8, 4) is 0 Å². The summed E-state index contributed by atoms with van der Waals surface area (Å²) in [5, 5.41) is 4.44. The molecule has 0 radical (unpaired) electrons. The molecule has 1 aromatic heterocycles. The molecule has 0 unspecified atom stereocenters. The van der Waals surface area contributed by atoms with E-state index in [0.29, 0.717) is 33.8 Å². The minimum atomic E-state index is -3.98. The Morgan fingerprint density at radius 3 is 2.10 bits per heavy atom. The van der Waals surface area contributed by atoms with E-state index in [1.165, 1.54) is 36.5 Å². The topological polar surface area (TPSA) is 120 Å². The molecule has 4 rings (SSSR count). The number of sulfonamides is 2. The second-order valence-corrected chi connectivity index (χ2v) is 11.4. The van der Waals surface area contributed by atoms with Gasteiger partial charge in [-0.15, -0.1) is 0 Å². The van der Waals surface area contributed by atoms with Gasteiger partial charge in [-0.1, -0.05) is 23.2 Å². The summed E-state index contributed by atoms with van der Waals surface area (Å²) >= 11 is 12.3. The van der Waals surface area contributed by atoms with Gasteiger partial charge in [0.2, 0.25) is 10.0 Å². The fraction of sp³-hybridized carbons (Fsp3) is 0.263. The maximum absolute atomic E-state index is 12.9. The van der Waals surface area contributed by atoms with Crippen molar-refractivity contribution in [2.75, 3.05) is 17.8 Å². The molecule has 1 aliphatic heterocycles. The highest BCUT2D eigenvalue weighted by atomic mass is 35.5. The third-order valence-electron chi connectivity index (χ3n) is 5.09. The van der Waals surface area contributed by atoms with Crippen molar-refractivity contribution in [3.63, 3.8) is 0 Å². The number of aromatic nitrogens is 1. The Kier molecular flexibility index (Phi) is 6.21. The number of nitrogens with one attached hydrogen (secondary N) is 4. The second kappa shape index (κ2) is 8.61. The third kappa shape index (κ3) is 4.69. The average Bonchev–Trinajstić information content (AvgIpc) is 3.13. The summed E-state index contributed by atoms with van der Waals surface area (Å²) < 4.78 is 56.1. The monoisotopic (exact) mass is 502 g/mol. The fourth-order valence-electron chi connectivity index (χ4n) is 3.48. The predicted molar refractivity (Wildman–Crippen MR) is 122 cm³/mol. The lowest BCUT2D eigenvalue weighted by Crippen LogP contribution is -2.42. The average molecular weight is 503 g/mol. The van der Waals surface area contributed by atoms with Crippen LogP contribution in [0.4, 0.5) is 5.69 Å². The van der Waals surface area contributed by atoms with Gasteiger partial charge in [0.1, 0.15) is 0 Å². The highest BCUT2D eigenvalue weighted by Crippen LogP contribution is 2.35. The molecule has 1 saturated heterocycles. The van der Waals surface area contributed by atoms with Crippen LogP contribution in [-0.2, 0) is 20.0 Å². The zero-order valence-corrected chi connectivity index (χ0v) is 19.3. The lowest BCUT2D eigenvalue weighted by atomic mass is 10.1. The Morgan fingerprint density at radius 2 is 1.45 bits per heavy atom. The Labute approximate surface area is 190 Å². The highest BCUT2D eigenvalue weighted by Gasteiger charge is 2.23. The Hall–Kier alpha value is -1.82. The van der Waals surface area contributed by atoms with Crippen molar-refractivity contribution in [2.24, 2.45) is 0 Å². The van der Waals surface area contributed by atoms with Gasteiger partial charge in [-0.2, -0.15) is 0 Å². The molecule has 8 nitrogen and oxygen atoms in total. The van der Waals surface area contributed by atoms with E-state index < -0.39 is 20.0 Å². The standard InChI is InChI=1S/C19H20Cl2N4O4S2/c20-15-5-6-17(19-18(15)16(21)11-23-19)25-31(28,29)14-3-1-13(2-4-14)30(26,27)24-12-7-9-22-10-8-12/h1-6,11-12,22-25H,7-10H2. The van der Waals surface area contributed by atoms with Crippen LogP contribution in [0.2, 0.25) is 10.0 Å². The third-order valence-corrected chi connectivity index (χ3v) is 8.62. The summed E-state index contributed by atoms with van der Waals surface area (Å²) in [5.41, 5.74) is 0.724. The van der Waals surface area contributed by atoms with Gasteiger partial charge in [-0.3, -0.25) is 4.72 Å². The molecule has 0 saturated carbocycles. The van der Waals surface area contributed by atoms with Gasteiger partial charge in [0, 0.05) is 17.6 Å². The first kappa shape index (κ1) is 22.4. The zero-order chi connectivity index (χ0) is 22.2. The molecule has 0 spiro atoms. The van der Waals surface area contributed by atoms with Crippen LogP contribution in [0, 0.1) is 0 Å². The summed E-state index contributed by atoms with van der Waals surface area (Å²) in [4.78, 5) is 2.84. The Bertz CT molecular complexity index is 1320. The Balaban J connectivity index is 1.56. The molecule has 2 aromatic carbocycles.